The summed E-state index contributed by atoms with van der Waals surface area (Å²) in [7, 11) is 0. The van der Waals surface area contributed by atoms with Crippen LogP contribution in [0.15, 0.2) is 42.5 Å². The van der Waals surface area contributed by atoms with Crippen LogP contribution in [-0.4, -0.2) is 61.0 Å². The van der Waals surface area contributed by atoms with Crippen molar-refractivity contribution >= 4 is 38.4 Å². The molecule has 0 spiro atoms. The first-order chi connectivity index (χ1) is 15.0. The van der Waals surface area contributed by atoms with E-state index in [9.17, 15) is 14.0 Å². The van der Waals surface area contributed by atoms with E-state index in [1.165, 1.54) is 30.4 Å². The van der Waals surface area contributed by atoms with Crippen molar-refractivity contribution in [3.8, 4) is 0 Å². The topological polar surface area (TPSA) is 62.7 Å². The highest BCUT2D eigenvalue weighted by atomic mass is 32.1. The second kappa shape index (κ2) is 9.64. The number of carbonyl (C=O) groups is 2. The lowest BCUT2D eigenvalue weighted by Crippen LogP contribution is -2.39. The van der Waals surface area contributed by atoms with Crippen molar-refractivity contribution in [1.29, 1.82) is 0 Å². The minimum atomic E-state index is -0.326. The van der Waals surface area contributed by atoms with Gasteiger partial charge in [0.15, 0.2) is 10.9 Å². The lowest BCUT2D eigenvalue weighted by atomic mass is 10.1. The molecule has 0 aliphatic carbocycles. The Morgan fingerprint density at radius 1 is 1.13 bits per heavy atom. The summed E-state index contributed by atoms with van der Waals surface area (Å²) in [6, 6.07) is 11.1. The monoisotopic (exact) mass is 441 g/mol. The van der Waals surface area contributed by atoms with Gasteiger partial charge >= 0.3 is 0 Å². The number of nitrogens with zero attached hydrogens (tertiary/aromatic N) is 3. The number of fused-ring (bicyclic) bond motifs is 1. The van der Waals surface area contributed by atoms with Gasteiger partial charge in [-0.3, -0.25) is 19.4 Å². The van der Waals surface area contributed by atoms with Crippen molar-refractivity contribution in [1.82, 2.24) is 9.88 Å². The fraction of sp³-hybridized carbons (Fsp3) is 0.348. The maximum absolute atomic E-state index is 13.6. The van der Waals surface area contributed by atoms with Crippen molar-refractivity contribution in [2.45, 2.75) is 13.3 Å². The number of carbonyl (C=O) groups excluding carboxylic acids is 2. The zero-order valence-electron chi connectivity index (χ0n) is 17.3. The summed E-state index contributed by atoms with van der Waals surface area (Å²) in [6.45, 7) is 6.09. The zero-order chi connectivity index (χ0) is 21.8. The van der Waals surface area contributed by atoms with E-state index in [0.717, 1.165) is 39.3 Å². The second-order valence-electron chi connectivity index (χ2n) is 7.51. The van der Waals surface area contributed by atoms with E-state index >= 15 is 0 Å². The van der Waals surface area contributed by atoms with Crippen LogP contribution in [0.3, 0.4) is 0 Å². The average Bonchev–Trinajstić information content (AvgIpc) is 3.20. The SMILES string of the molecule is CC(=O)c1ccc(C(=O)N(CCCN2CCOCC2)c2nc3ccc(F)cc3s2)cc1. The van der Waals surface area contributed by atoms with Gasteiger partial charge in [-0.25, -0.2) is 9.37 Å². The van der Waals surface area contributed by atoms with Crippen LogP contribution in [0.25, 0.3) is 10.2 Å². The van der Waals surface area contributed by atoms with Crippen molar-refractivity contribution in [3.05, 3.63) is 59.4 Å². The molecule has 8 heteroatoms. The van der Waals surface area contributed by atoms with Crippen LogP contribution in [0.4, 0.5) is 9.52 Å². The van der Waals surface area contributed by atoms with E-state index in [0.29, 0.717) is 33.0 Å². The molecule has 1 saturated heterocycles. The van der Waals surface area contributed by atoms with Gasteiger partial charge in [0.05, 0.1) is 23.4 Å². The number of Topliss-reactive ketones (excluding diaryl/α,β-unsaturated/α-hetero) is 1. The van der Waals surface area contributed by atoms with Crippen molar-refractivity contribution in [2.24, 2.45) is 0 Å². The Labute approximate surface area is 184 Å². The van der Waals surface area contributed by atoms with E-state index in [1.807, 2.05) is 0 Å². The van der Waals surface area contributed by atoms with Crippen LogP contribution >= 0.6 is 11.3 Å². The summed E-state index contributed by atoms with van der Waals surface area (Å²) < 4.78 is 19.7. The molecule has 0 saturated carbocycles. The van der Waals surface area contributed by atoms with Gasteiger partial charge in [-0.2, -0.15) is 0 Å². The van der Waals surface area contributed by atoms with Gasteiger partial charge in [-0.15, -0.1) is 0 Å². The van der Waals surface area contributed by atoms with Gasteiger partial charge in [0, 0.05) is 37.3 Å². The molecule has 1 aliphatic heterocycles. The Kier molecular flexibility index (Phi) is 6.70. The van der Waals surface area contributed by atoms with Crippen LogP contribution < -0.4 is 4.90 Å². The molecule has 1 aromatic heterocycles. The number of amides is 1. The molecule has 0 N–H and O–H groups in total. The van der Waals surface area contributed by atoms with E-state index < -0.39 is 0 Å². The number of thiazole rings is 1. The van der Waals surface area contributed by atoms with Crippen molar-refractivity contribution in [2.75, 3.05) is 44.3 Å². The molecule has 3 aromatic rings. The molecule has 0 bridgehead atoms. The van der Waals surface area contributed by atoms with Gasteiger partial charge in [-0.1, -0.05) is 23.5 Å². The van der Waals surface area contributed by atoms with Gasteiger partial charge in [-0.05, 0) is 43.7 Å². The molecular formula is C23H24FN3O3S. The van der Waals surface area contributed by atoms with Gasteiger partial charge in [0.1, 0.15) is 5.82 Å². The first-order valence-corrected chi connectivity index (χ1v) is 11.1. The first kappa shape index (κ1) is 21.5. The molecule has 162 valence electrons. The Bertz CT molecular complexity index is 1080. The lowest BCUT2D eigenvalue weighted by Gasteiger charge is -2.27. The third-order valence-corrected chi connectivity index (χ3v) is 6.35. The molecule has 0 radical (unpaired) electrons. The van der Waals surface area contributed by atoms with Crippen LogP contribution in [0.2, 0.25) is 0 Å². The van der Waals surface area contributed by atoms with Gasteiger partial charge < -0.3 is 4.74 Å². The number of halogens is 1. The average molecular weight is 442 g/mol. The molecule has 0 atom stereocenters. The minimum Gasteiger partial charge on any atom is -0.379 e. The minimum absolute atomic E-state index is 0.0467. The Balaban J connectivity index is 1.57. The molecule has 1 fully saturated rings. The normalized spacial score (nSPS) is 14.6. The summed E-state index contributed by atoms with van der Waals surface area (Å²) in [5.74, 6) is -0.557. The molecule has 31 heavy (non-hydrogen) atoms. The third-order valence-electron chi connectivity index (χ3n) is 5.31. The maximum atomic E-state index is 13.6. The van der Waals surface area contributed by atoms with Crippen LogP contribution in [0, 0.1) is 5.82 Å². The van der Waals surface area contributed by atoms with Crippen LogP contribution in [0.1, 0.15) is 34.1 Å². The molecule has 4 rings (SSSR count). The zero-order valence-corrected chi connectivity index (χ0v) is 18.2. The fourth-order valence-electron chi connectivity index (χ4n) is 3.57. The number of ketones is 1. The lowest BCUT2D eigenvalue weighted by molar-refractivity contribution is 0.0376. The fourth-order valence-corrected chi connectivity index (χ4v) is 4.58. The number of hydrogen-bond acceptors (Lipinski definition) is 6. The summed E-state index contributed by atoms with van der Waals surface area (Å²) in [5, 5.41) is 0.545. The number of ether oxygens (including phenoxy) is 1. The third kappa shape index (κ3) is 5.15. The molecule has 6 nitrogen and oxygen atoms in total. The predicted molar refractivity (Wildman–Crippen MR) is 120 cm³/mol. The quantitative estimate of drug-likeness (QED) is 0.519. The maximum Gasteiger partial charge on any atom is 0.260 e. The smallest absolute Gasteiger partial charge is 0.260 e. The number of hydrogen-bond donors (Lipinski definition) is 0. The molecule has 0 unspecified atom stereocenters. The summed E-state index contributed by atoms with van der Waals surface area (Å²) >= 11 is 1.30. The van der Waals surface area contributed by atoms with Crippen LogP contribution in [0.5, 0.6) is 0 Å². The molecular weight excluding hydrogens is 417 g/mol. The highest BCUT2D eigenvalue weighted by Crippen LogP contribution is 2.30. The first-order valence-electron chi connectivity index (χ1n) is 10.3. The molecule has 1 aliphatic rings. The van der Waals surface area contributed by atoms with Crippen molar-refractivity contribution < 1.29 is 18.7 Å². The number of anilines is 1. The van der Waals surface area contributed by atoms with Gasteiger partial charge in [0.25, 0.3) is 5.91 Å². The summed E-state index contributed by atoms with van der Waals surface area (Å²) in [4.78, 5) is 33.5. The standard InChI is InChI=1S/C23H24FN3O3S/c1-16(28)17-3-5-18(6-4-17)22(29)27(10-2-9-26-11-13-30-14-12-26)23-25-20-8-7-19(24)15-21(20)31-23/h3-8,15H,2,9-14H2,1H3. The number of rotatable bonds is 7. The Morgan fingerprint density at radius 3 is 2.55 bits per heavy atom. The Morgan fingerprint density at radius 2 is 1.84 bits per heavy atom. The number of morpholine rings is 1. The summed E-state index contributed by atoms with van der Waals surface area (Å²) in [6.07, 6.45) is 0.779. The Hall–Kier alpha value is -2.68. The molecule has 1 amide bonds. The number of aromatic nitrogens is 1. The summed E-state index contributed by atoms with van der Waals surface area (Å²) in [5.41, 5.74) is 1.71. The van der Waals surface area contributed by atoms with E-state index in [2.05, 4.69) is 9.88 Å². The number of benzene rings is 2. The van der Waals surface area contributed by atoms with Crippen molar-refractivity contribution in [3.63, 3.8) is 0 Å². The van der Waals surface area contributed by atoms with E-state index in [-0.39, 0.29) is 17.5 Å². The highest BCUT2D eigenvalue weighted by Gasteiger charge is 2.22. The van der Waals surface area contributed by atoms with Gasteiger partial charge in [0.2, 0.25) is 0 Å². The highest BCUT2D eigenvalue weighted by molar-refractivity contribution is 7.22. The van der Waals surface area contributed by atoms with E-state index in [1.54, 1.807) is 35.2 Å². The second-order valence-corrected chi connectivity index (χ2v) is 8.52. The van der Waals surface area contributed by atoms with Crippen LogP contribution in [-0.2, 0) is 4.74 Å². The molecule has 2 aromatic carbocycles. The molecule has 2 heterocycles. The largest absolute Gasteiger partial charge is 0.379 e. The predicted octanol–water partition coefficient (Wildman–Crippen LogP) is 4.01. The van der Waals surface area contributed by atoms with E-state index in [4.69, 9.17) is 4.74 Å².